The zero-order valence-corrected chi connectivity index (χ0v) is 14.9. The minimum absolute atomic E-state index is 0.00315. The SMILES string of the molecule is CCOc1cc(C2NC(=S)N=C(C)C2C(C)=O)cc(Br)c1O. The van der Waals surface area contributed by atoms with Crippen LogP contribution in [0.15, 0.2) is 21.6 Å². The monoisotopic (exact) mass is 384 g/mol. The quantitative estimate of drug-likeness (QED) is 0.780. The lowest BCUT2D eigenvalue weighted by molar-refractivity contribution is -0.119. The van der Waals surface area contributed by atoms with E-state index in [2.05, 4.69) is 26.2 Å². The van der Waals surface area contributed by atoms with Gasteiger partial charge in [0.2, 0.25) is 0 Å². The molecule has 0 spiro atoms. The first-order valence-electron chi connectivity index (χ1n) is 6.86. The summed E-state index contributed by atoms with van der Waals surface area (Å²) in [4.78, 5) is 16.2. The van der Waals surface area contributed by atoms with E-state index < -0.39 is 5.92 Å². The van der Waals surface area contributed by atoms with Crippen LogP contribution in [0.5, 0.6) is 11.5 Å². The average molecular weight is 385 g/mol. The van der Waals surface area contributed by atoms with Crippen molar-refractivity contribution in [1.82, 2.24) is 5.32 Å². The molecule has 1 heterocycles. The largest absolute Gasteiger partial charge is 0.503 e. The number of rotatable bonds is 4. The number of benzene rings is 1. The number of halogens is 1. The van der Waals surface area contributed by atoms with Crippen LogP contribution in [-0.4, -0.2) is 28.3 Å². The molecular weight excluding hydrogens is 368 g/mol. The van der Waals surface area contributed by atoms with Gasteiger partial charge in [-0.05, 0) is 66.6 Å². The van der Waals surface area contributed by atoms with Gasteiger partial charge in [-0.1, -0.05) is 0 Å². The summed E-state index contributed by atoms with van der Waals surface area (Å²) in [6.45, 7) is 5.59. The smallest absolute Gasteiger partial charge is 0.193 e. The molecule has 0 saturated heterocycles. The van der Waals surface area contributed by atoms with Crippen molar-refractivity contribution in [2.45, 2.75) is 26.8 Å². The van der Waals surface area contributed by atoms with E-state index in [0.29, 0.717) is 27.7 Å². The highest BCUT2D eigenvalue weighted by molar-refractivity contribution is 9.10. The lowest BCUT2D eigenvalue weighted by Crippen LogP contribution is -2.42. The summed E-state index contributed by atoms with van der Waals surface area (Å²) in [5.74, 6) is -0.00293. The Morgan fingerprint density at radius 2 is 2.23 bits per heavy atom. The third-order valence-corrected chi connectivity index (χ3v) is 4.30. The van der Waals surface area contributed by atoms with Crippen LogP contribution in [-0.2, 0) is 4.79 Å². The Kier molecular flexibility index (Phi) is 5.18. The summed E-state index contributed by atoms with van der Waals surface area (Å²) >= 11 is 8.45. The zero-order chi connectivity index (χ0) is 16.4. The lowest BCUT2D eigenvalue weighted by Gasteiger charge is -2.31. The van der Waals surface area contributed by atoms with Crippen LogP contribution in [0.3, 0.4) is 0 Å². The second kappa shape index (κ2) is 6.75. The van der Waals surface area contributed by atoms with Gasteiger partial charge in [0.15, 0.2) is 16.6 Å². The fourth-order valence-electron chi connectivity index (χ4n) is 2.56. The number of aromatic hydroxyl groups is 1. The van der Waals surface area contributed by atoms with Crippen molar-refractivity contribution in [3.8, 4) is 11.5 Å². The van der Waals surface area contributed by atoms with E-state index >= 15 is 0 Å². The van der Waals surface area contributed by atoms with E-state index in [1.165, 1.54) is 6.92 Å². The van der Waals surface area contributed by atoms with Gasteiger partial charge in [0, 0.05) is 5.71 Å². The van der Waals surface area contributed by atoms with Gasteiger partial charge >= 0.3 is 0 Å². The molecule has 0 fully saturated rings. The van der Waals surface area contributed by atoms with Crippen molar-refractivity contribution < 1.29 is 14.6 Å². The topological polar surface area (TPSA) is 70.9 Å². The van der Waals surface area contributed by atoms with E-state index in [0.717, 1.165) is 5.56 Å². The number of nitrogens with one attached hydrogen (secondary N) is 1. The van der Waals surface area contributed by atoms with Gasteiger partial charge in [-0.3, -0.25) is 4.79 Å². The van der Waals surface area contributed by atoms with Crippen molar-refractivity contribution in [3.05, 3.63) is 22.2 Å². The van der Waals surface area contributed by atoms with Crippen molar-refractivity contribution in [2.24, 2.45) is 10.9 Å². The Labute approximate surface area is 142 Å². The molecule has 1 aliphatic heterocycles. The molecule has 2 N–H and O–H groups in total. The fourth-order valence-corrected chi connectivity index (χ4v) is 3.29. The van der Waals surface area contributed by atoms with Crippen LogP contribution in [0.1, 0.15) is 32.4 Å². The molecule has 1 aromatic rings. The van der Waals surface area contributed by atoms with Crippen LogP contribution in [0, 0.1) is 5.92 Å². The fraction of sp³-hybridized carbons (Fsp3) is 0.400. The molecule has 0 aromatic heterocycles. The Hall–Kier alpha value is -1.47. The van der Waals surface area contributed by atoms with E-state index in [4.69, 9.17) is 17.0 Å². The van der Waals surface area contributed by atoms with Crippen molar-refractivity contribution >= 4 is 44.8 Å². The highest BCUT2D eigenvalue weighted by Crippen LogP contribution is 2.39. The Bertz CT molecular complexity index is 660. The summed E-state index contributed by atoms with van der Waals surface area (Å²) < 4.78 is 5.95. The lowest BCUT2D eigenvalue weighted by atomic mass is 9.85. The second-order valence-corrected chi connectivity index (χ2v) is 6.29. The molecule has 5 nitrogen and oxygen atoms in total. The van der Waals surface area contributed by atoms with E-state index in [-0.39, 0.29) is 17.6 Å². The number of Topliss-reactive ketones (excluding diaryl/α,β-unsaturated/α-hetero) is 1. The molecule has 0 amide bonds. The third kappa shape index (κ3) is 3.30. The third-order valence-electron chi connectivity index (χ3n) is 3.49. The first kappa shape index (κ1) is 16.9. The molecule has 2 atom stereocenters. The molecule has 2 unspecified atom stereocenters. The number of phenols is 1. The molecule has 1 aromatic carbocycles. The molecule has 22 heavy (non-hydrogen) atoms. The van der Waals surface area contributed by atoms with Gasteiger partial charge in [-0.25, -0.2) is 4.99 Å². The number of thiocarbonyl (C=S) groups is 1. The van der Waals surface area contributed by atoms with E-state index in [1.54, 1.807) is 19.1 Å². The predicted molar refractivity (Wildman–Crippen MR) is 92.7 cm³/mol. The number of phenolic OH excluding ortho intramolecular Hbond substituents is 1. The minimum Gasteiger partial charge on any atom is -0.503 e. The zero-order valence-electron chi connectivity index (χ0n) is 12.5. The molecule has 118 valence electrons. The first-order valence-corrected chi connectivity index (χ1v) is 8.06. The average Bonchev–Trinajstić information content (AvgIpc) is 2.42. The number of hydrogen-bond acceptors (Lipinski definition) is 4. The maximum Gasteiger partial charge on any atom is 0.193 e. The Morgan fingerprint density at radius 1 is 1.55 bits per heavy atom. The number of nitrogens with zero attached hydrogens (tertiary/aromatic N) is 1. The summed E-state index contributed by atoms with van der Waals surface area (Å²) in [6.07, 6.45) is 0. The molecule has 0 aliphatic carbocycles. The van der Waals surface area contributed by atoms with E-state index in [1.807, 2.05) is 6.92 Å². The molecule has 7 heteroatoms. The molecule has 0 radical (unpaired) electrons. The number of ketones is 1. The van der Waals surface area contributed by atoms with Gasteiger partial charge in [-0.15, -0.1) is 0 Å². The van der Waals surface area contributed by atoms with Gasteiger partial charge in [0.1, 0.15) is 5.78 Å². The summed E-state index contributed by atoms with van der Waals surface area (Å²) in [7, 11) is 0. The highest BCUT2D eigenvalue weighted by atomic mass is 79.9. The van der Waals surface area contributed by atoms with Gasteiger partial charge in [-0.2, -0.15) is 0 Å². The molecule has 0 saturated carbocycles. The summed E-state index contributed by atoms with van der Waals surface area (Å²) in [6, 6.07) is 3.14. The minimum atomic E-state index is -0.405. The number of ether oxygens (including phenoxy) is 1. The first-order chi connectivity index (χ1) is 10.3. The van der Waals surface area contributed by atoms with Crippen molar-refractivity contribution in [2.75, 3.05) is 6.61 Å². The standard InChI is InChI=1S/C15H17BrN2O3S/c1-4-21-11-6-9(5-10(16)14(11)20)13-12(8(3)19)7(2)17-15(22)18-13/h5-6,12-13,20H,4H2,1-3H3,(H,18,22). The summed E-state index contributed by atoms with van der Waals surface area (Å²) in [5, 5.41) is 13.4. The predicted octanol–water partition coefficient (Wildman–Crippen LogP) is 3.15. The van der Waals surface area contributed by atoms with Crippen LogP contribution < -0.4 is 10.1 Å². The molecule has 0 bridgehead atoms. The Morgan fingerprint density at radius 3 is 2.82 bits per heavy atom. The van der Waals surface area contributed by atoms with Crippen LogP contribution in [0.4, 0.5) is 0 Å². The number of hydrogen-bond donors (Lipinski definition) is 2. The van der Waals surface area contributed by atoms with Crippen molar-refractivity contribution in [3.63, 3.8) is 0 Å². The summed E-state index contributed by atoms with van der Waals surface area (Å²) in [5.41, 5.74) is 1.48. The Balaban J connectivity index is 2.51. The second-order valence-electron chi connectivity index (χ2n) is 5.05. The molecular formula is C15H17BrN2O3S. The maximum atomic E-state index is 12.0. The molecule has 2 rings (SSSR count). The maximum absolute atomic E-state index is 12.0. The van der Waals surface area contributed by atoms with Crippen LogP contribution in [0.2, 0.25) is 0 Å². The number of carbonyl (C=O) groups excluding carboxylic acids is 1. The van der Waals surface area contributed by atoms with Gasteiger partial charge in [0.25, 0.3) is 0 Å². The van der Waals surface area contributed by atoms with E-state index in [9.17, 15) is 9.90 Å². The van der Waals surface area contributed by atoms with Crippen molar-refractivity contribution in [1.29, 1.82) is 0 Å². The number of carbonyl (C=O) groups is 1. The van der Waals surface area contributed by atoms with Crippen LogP contribution in [0.25, 0.3) is 0 Å². The van der Waals surface area contributed by atoms with Gasteiger partial charge in [0.05, 0.1) is 23.0 Å². The van der Waals surface area contributed by atoms with Gasteiger partial charge < -0.3 is 15.2 Å². The molecule has 1 aliphatic rings. The van der Waals surface area contributed by atoms with Crippen LogP contribution >= 0.6 is 28.1 Å². The highest BCUT2D eigenvalue weighted by Gasteiger charge is 2.34. The normalized spacial score (nSPS) is 21.1. The number of aliphatic imine (C=N–C) groups is 1.